The third-order valence-electron chi connectivity index (χ3n) is 3.48. The van der Waals surface area contributed by atoms with E-state index >= 15 is 0 Å². The van der Waals surface area contributed by atoms with Gasteiger partial charge in [0.05, 0.1) is 12.3 Å². The molecule has 2 atom stereocenters. The molecule has 3 rings (SSSR count). The van der Waals surface area contributed by atoms with Crippen LogP contribution >= 0.6 is 0 Å². The fraction of sp³-hybridized carbons (Fsp3) is 0.462. The van der Waals surface area contributed by atoms with Gasteiger partial charge in [-0.05, 0) is 25.5 Å². The van der Waals surface area contributed by atoms with Gasteiger partial charge in [-0.15, -0.1) is 0 Å². The molecule has 6 heteroatoms. The first-order valence-electron chi connectivity index (χ1n) is 6.49. The van der Waals surface area contributed by atoms with Crippen molar-refractivity contribution < 1.29 is 4.74 Å². The minimum Gasteiger partial charge on any atom is -0.381 e. The monoisotopic (exact) mass is 259 g/mol. The first kappa shape index (κ1) is 12.1. The molecule has 0 aliphatic carbocycles. The molecule has 2 aromatic rings. The number of rotatable bonds is 4. The number of nitrogens with one attached hydrogen (secondary N) is 1. The fourth-order valence-electron chi connectivity index (χ4n) is 2.32. The SMILES string of the molecule is CC(Nc1cccnc1-n1cncn1)C1CCOC1. The zero-order chi connectivity index (χ0) is 13.1. The standard InChI is InChI=1S/C13H17N5O/c1-10(11-4-6-19-7-11)17-12-3-2-5-15-13(12)18-9-14-8-16-18/h2-3,5,8-11,17H,4,6-7H2,1H3. The highest BCUT2D eigenvalue weighted by molar-refractivity contribution is 5.56. The molecule has 0 spiro atoms. The molecule has 6 nitrogen and oxygen atoms in total. The minimum absolute atomic E-state index is 0.342. The summed E-state index contributed by atoms with van der Waals surface area (Å²) in [6.07, 6.45) is 6.02. The Morgan fingerprint density at radius 1 is 1.53 bits per heavy atom. The van der Waals surface area contributed by atoms with Gasteiger partial charge in [-0.3, -0.25) is 0 Å². The number of ether oxygens (including phenoxy) is 1. The number of pyridine rings is 1. The van der Waals surface area contributed by atoms with E-state index in [9.17, 15) is 0 Å². The molecule has 1 saturated heterocycles. The molecule has 0 aromatic carbocycles. The summed E-state index contributed by atoms with van der Waals surface area (Å²) in [6, 6.07) is 4.27. The van der Waals surface area contributed by atoms with Gasteiger partial charge in [0.1, 0.15) is 12.7 Å². The Labute approximate surface area is 111 Å². The van der Waals surface area contributed by atoms with E-state index in [0.29, 0.717) is 12.0 Å². The summed E-state index contributed by atoms with van der Waals surface area (Å²) in [4.78, 5) is 8.33. The highest BCUT2D eigenvalue weighted by Crippen LogP contribution is 2.22. The molecule has 1 aliphatic rings. The number of hydrogen-bond donors (Lipinski definition) is 1. The molecule has 100 valence electrons. The smallest absolute Gasteiger partial charge is 0.178 e. The molecular formula is C13H17N5O. The Morgan fingerprint density at radius 3 is 3.21 bits per heavy atom. The van der Waals surface area contributed by atoms with Crippen LogP contribution in [0.3, 0.4) is 0 Å². The van der Waals surface area contributed by atoms with E-state index in [2.05, 4.69) is 27.3 Å². The number of aromatic nitrogens is 4. The molecule has 0 radical (unpaired) electrons. The van der Waals surface area contributed by atoms with Crippen molar-refractivity contribution in [3.8, 4) is 5.82 Å². The highest BCUT2D eigenvalue weighted by atomic mass is 16.5. The largest absolute Gasteiger partial charge is 0.381 e. The van der Waals surface area contributed by atoms with Crippen molar-refractivity contribution in [2.45, 2.75) is 19.4 Å². The normalized spacial score (nSPS) is 20.4. The molecule has 1 aliphatic heterocycles. The number of anilines is 1. The maximum absolute atomic E-state index is 5.44. The van der Waals surface area contributed by atoms with Crippen molar-refractivity contribution in [1.82, 2.24) is 19.7 Å². The van der Waals surface area contributed by atoms with Crippen LogP contribution in [0, 0.1) is 5.92 Å². The first-order valence-corrected chi connectivity index (χ1v) is 6.49. The van der Waals surface area contributed by atoms with Crippen molar-refractivity contribution >= 4 is 5.69 Å². The first-order chi connectivity index (χ1) is 9.34. The van der Waals surface area contributed by atoms with Gasteiger partial charge in [0.15, 0.2) is 5.82 Å². The quantitative estimate of drug-likeness (QED) is 0.901. The lowest BCUT2D eigenvalue weighted by atomic mass is 10.0. The van der Waals surface area contributed by atoms with Crippen molar-refractivity contribution in [3.63, 3.8) is 0 Å². The lowest BCUT2D eigenvalue weighted by Crippen LogP contribution is -2.27. The third kappa shape index (κ3) is 2.58. The van der Waals surface area contributed by atoms with E-state index in [0.717, 1.165) is 31.1 Å². The van der Waals surface area contributed by atoms with Crippen LogP contribution in [0.5, 0.6) is 0 Å². The van der Waals surface area contributed by atoms with Gasteiger partial charge in [0, 0.05) is 24.8 Å². The summed E-state index contributed by atoms with van der Waals surface area (Å²) in [5.41, 5.74) is 0.965. The van der Waals surface area contributed by atoms with E-state index in [4.69, 9.17) is 4.74 Å². The zero-order valence-electron chi connectivity index (χ0n) is 10.9. The maximum atomic E-state index is 5.44. The van der Waals surface area contributed by atoms with Gasteiger partial charge < -0.3 is 10.1 Å². The highest BCUT2D eigenvalue weighted by Gasteiger charge is 2.23. The predicted molar refractivity (Wildman–Crippen MR) is 71.2 cm³/mol. The van der Waals surface area contributed by atoms with Crippen molar-refractivity contribution in [1.29, 1.82) is 0 Å². The summed E-state index contributed by atoms with van der Waals surface area (Å²) >= 11 is 0. The summed E-state index contributed by atoms with van der Waals surface area (Å²) < 4.78 is 7.10. The van der Waals surface area contributed by atoms with E-state index in [1.54, 1.807) is 17.2 Å². The molecule has 1 fully saturated rings. The third-order valence-corrected chi connectivity index (χ3v) is 3.48. The topological polar surface area (TPSA) is 64.9 Å². The van der Waals surface area contributed by atoms with E-state index in [-0.39, 0.29) is 0 Å². The van der Waals surface area contributed by atoms with E-state index < -0.39 is 0 Å². The van der Waals surface area contributed by atoms with Crippen molar-refractivity contribution in [3.05, 3.63) is 31.0 Å². The van der Waals surface area contributed by atoms with Crippen LogP contribution < -0.4 is 5.32 Å². The number of hydrogen-bond acceptors (Lipinski definition) is 5. The minimum atomic E-state index is 0.342. The second kappa shape index (κ2) is 5.36. The number of nitrogens with zero attached hydrogens (tertiary/aromatic N) is 4. The Hall–Kier alpha value is -1.95. The molecule has 0 bridgehead atoms. The van der Waals surface area contributed by atoms with Crippen LogP contribution in [0.15, 0.2) is 31.0 Å². The van der Waals surface area contributed by atoms with Crippen LogP contribution in [-0.4, -0.2) is 39.0 Å². The average molecular weight is 259 g/mol. The maximum Gasteiger partial charge on any atom is 0.178 e. The van der Waals surface area contributed by atoms with Gasteiger partial charge in [-0.1, -0.05) is 0 Å². The van der Waals surface area contributed by atoms with Crippen LogP contribution in [0.2, 0.25) is 0 Å². The summed E-state index contributed by atoms with van der Waals surface area (Å²) in [5.74, 6) is 1.31. The molecule has 3 heterocycles. The molecular weight excluding hydrogens is 242 g/mol. The van der Waals surface area contributed by atoms with Crippen molar-refractivity contribution in [2.75, 3.05) is 18.5 Å². The molecule has 0 amide bonds. The molecule has 0 saturated carbocycles. The summed E-state index contributed by atoms with van der Waals surface area (Å²) in [5, 5.41) is 7.64. The van der Waals surface area contributed by atoms with Crippen LogP contribution in [0.25, 0.3) is 5.82 Å². The molecule has 2 unspecified atom stereocenters. The lowest BCUT2D eigenvalue weighted by molar-refractivity contribution is 0.183. The average Bonchev–Trinajstić information content (AvgIpc) is 3.13. The van der Waals surface area contributed by atoms with Gasteiger partial charge in [0.2, 0.25) is 0 Å². The Balaban J connectivity index is 1.80. The lowest BCUT2D eigenvalue weighted by Gasteiger charge is -2.21. The van der Waals surface area contributed by atoms with E-state index in [1.807, 2.05) is 12.1 Å². The predicted octanol–water partition coefficient (Wildman–Crippen LogP) is 1.50. The zero-order valence-corrected chi connectivity index (χ0v) is 10.9. The second-order valence-corrected chi connectivity index (χ2v) is 4.77. The molecule has 19 heavy (non-hydrogen) atoms. The fourth-order valence-corrected chi connectivity index (χ4v) is 2.32. The van der Waals surface area contributed by atoms with Crippen LogP contribution in [0.1, 0.15) is 13.3 Å². The van der Waals surface area contributed by atoms with Crippen LogP contribution in [0.4, 0.5) is 5.69 Å². The Bertz CT molecular complexity index is 522. The second-order valence-electron chi connectivity index (χ2n) is 4.77. The Kier molecular flexibility index (Phi) is 3.41. The van der Waals surface area contributed by atoms with Crippen molar-refractivity contribution in [2.24, 2.45) is 5.92 Å². The Morgan fingerprint density at radius 2 is 2.47 bits per heavy atom. The van der Waals surface area contributed by atoms with Gasteiger partial charge >= 0.3 is 0 Å². The summed E-state index contributed by atoms with van der Waals surface area (Å²) in [6.45, 7) is 3.87. The van der Waals surface area contributed by atoms with Gasteiger partial charge in [-0.2, -0.15) is 5.10 Å². The van der Waals surface area contributed by atoms with Gasteiger partial charge in [-0.25, -0.2) is 14.6 Å². The molecule has 2 aromatic heterocycles. The summed E-state index contributed by atoms with van der Waals surface area (Å²) in [7, 11) is 0. The molecule has 1 N–H and O–H groups in total. The van der Waals surface area contributed by atoms with E-state index in [1.165, 1.54) is 6.33 Å². The van der Waals surface area contributed by atoms with Crippen LogP contribution in [-0.2, 0) is 4.74 Å². The van der Waals surface area contributed by atoms with Gasteiger partial charge in [0.25, 0.3) is 0 Å².